The average Bonchev–Trinajstić information content (AvgIpc) is 3.34. The van der Waals surface area contributed by atoms with E-state index in [2.05, 4.69) is 25.7 Å². The summed E-state index contributed by atoms with van der Waals surface area (Å²) in [6.07, 6.45) is 3.99. The number of rotatable bonds is 6. The maximum Gasteiger partial charge on any atom is 0.258 e. The van der Waals surface area contributed by atoms with Gasteiger partial charge >= 0.3 is 0 Å². The summed E-state index contributed by atoms with van der Waals surface area (Å²) >= 11 is 0. The number of aromatic amines is 1. The van der Waals surface area contributed by atoms with Crippen molar-refractivity contribution in [1.29, 1.82) is 0 Å². The molecule has 0 aliphatic carbocycles. The van der Waals surface area contributed by atoms with Gasteiger partial charge in [-0.25, -0.2) is 8.78 Å². The fourth-order valence-electron chi connectivity index (χ4n) is 3.43. The molecular formula is C20H21F2N5O. The van der Waals surface area contributed by atoms with E-state index in [9.17, 15) is 13.6 Å². The second-order valence-corrected chi connectivity index (χ2v) is 6.91. The molecule has 0 unspecified atom stereocenters. The van der Waals surface area contributed by atoms with E-state index in [-0.39, 0.29) is 11.3 Å². The number of carbonyl (C=O) groups is 1. The normalized spacial score (nSPS) is 14.5. The van der Waals surface area contributed by atoms with E-state index in [4.69, 9.17) is 0 Å². The summed E-state index contributed by atoms with van der Waals surface area (Å²) in [5.74, 6) is -2.25. The highest BCUT2D eigenvalue weighted by Crippen LogP contribution is 2.22. The monoisotopic (exact) mass is 385 g/mol. The zero-order valence-corrected chi connectivity index (χ0v) is 15.3. The van der Waals surface area contributed by atoms with Crippen LogP contribution in [0, 0.1) is 11.6 Å². The number of hydrogen-bond acceptors (Lipinski definition) is 4. The molecule has 0 saturated carbocycles. The Bertz CT molecular complexity index is 997. The molecule has 0 spiro atoms. The quantitative estimate of drug-likeness (QED) is 0.606. The van der Waals surface area contributed by atoms with Crippen LogP contribution < -0.4 is 10.6 Å². The van der Waals surface area contributed by atoms with Crippen molar-refractivity contribution < 1.29 is 13.6 Å². The van der Waals surface area contributed by atoms with Crippen LogP contribution in [0.1, 0.15) is 23.2 Å². The molecule has 2 heterocycles. The summed E-state index contributed by atoms with van der Waals surface area (Å²) in [7, 11) is 0. The Morgan fingerprint density at radius 1 is 1.14 bits per heavy atom. The lowest BCUT2D eigenvalue weighted by molar-refractivity contribution is 0.102. The second kappa shape index (κ2) is 7.93. The Balaban J connectivity index is 1.46. The Hall–Kier alpha value is -3.00. The van der Waals surface area contributed by atoms with Crippen LogP contribution in [0.15, 0.2) is 36.5 Å². The van der Waals surface area contributed by atoms with E-state index in [1.165, 1.54) is 18.9 Å². The van der Waals surface area contributed by atoms with Crippen LogP contribution in [0.4, 0.5) is 20.2 Å². The smallest absolute Gasteiger partial charge is 0.258 e. The van der Waals surface area contributed by atoms with Crippen molar-refractivity contribution >= 4 is 28.2 Å². The fraction of sp³-hybridized carbons (Fsp3) is 0.300. The zero-order chi connectivity index (χ0) is 19.5. The second-order valence-electron chi connectivity index (χ2n) is 6.91. The van der Waals surface area contributed by atoms with Gasteiger partial charge in [-0.3, -0.25) is 9.89 Å². The number of aromatic nitrogens is 2. The number of anilines is 2. The number of hydrogen-bond donors (Lipinski definition) is 3. The number of halogens is 2. The third-order valence-electron chi connectivity index (χ3n) is 4.94. The van der Waals surface area contributed by atoms with E-state index >= 15 is 0 Å². The Labute approximate surface area is 160 Å². The molecule has 4 rings (SSSR count). The van der Waals surface area contributed by atoms with Crippen molar-refractivity contribution in [2.45, 2.75) is 12.8 Å². The number of fused-ring (bicyclic) bond motifs is 1. The highest BCUT2D eigenvalue weighted by Gasteiger charge is 2.17. The molecule has 0 radical (unpaired) electrons. The molecule has 146 valence electrons. The summed E-state index contributed by atoms with van der Waals surface area (Å²) in [6, 6.07) is 7.15. The van der Waals surface area contributed by atoms with Crippen LogP contribution in [-0.4, -0.2) is 47.2 Å². The molecule has 8 heteroatoms. The van der Waals surface area contributed by atoms with Crippen molar-refractivity contribution in [2.24, 2.45) is 0 Å². The first kappa shape index (κ1) is 18.4. The van der Waals surface area contributed by atoms with Gasteiger partial charge in [0.05, 0.1) is 23.0 Å². The first-order valence-corrected chi connectivity index (χ1v) is 9.30. The van der Waals surface area contributed by atoms with E-state index in [0.717, 1.165) is 36.6 Å². The number of benzene rings is 2. The minimum atomic E-state index is -0.899. The van der Waals surface area contributed by atoms with Gasteiger partial charge in [0.15, 0.2) is 0 Å². The van der Waals surface area contributed by atoms with Gasteiger partial charge in [0.1, 0.15) is 11.6 Å². The van der Waals surface area contributed by atoms with Gasteiger partial charge in [0.25, 0.3) is 5.91 Å². The lowest BCUT2D eigenvalue weighted by Gasteiger charge is -2.16. The molecule has 28 heavy (non-hydrogen) atoms. The first-order valence-electron chi connectivity index (χ1n) is 9.30. The topological polar surface area (TPSA) is 73.0 Å². The number of nitrogens with zero attached hydrogens (tertiary/aromatic N) is 2. The van der Waals surface area contributed by atoms with E-state index in [1.54, 1.807) is 24.4 Å². The van der Waals surface area contributed by atoms with E-state index < -0.39 is 17.5 Å². The van der Waals surface area contributed by atoms with Crippen LogP contribution in [0.25, 0.3) is 10.9 Å². The highest BCUT2D eigenvalue weighted by molar-refractivity contribution is 6.05. The zero-order valence-electron chi connectivity index (χ0n) is 15.3. The maximum atomic E-state index is 14.2. The number of likely N-dealkylation sites (tertiary alicyclic amines) is 1. The third-order valence-corrected chi connectivity index (χ3v) is 4.94. The van der Waals surface area contributed by atoms with E-state index in [1.807, 2.05) is 0 Å². The predicted molar refractivity (Wildman–Crippen MR) is 105 cm³/mol. The Morgan fingerprint density at radius 2 is 1.96 bits per heavy atom. The molecule has 1 aliphatic heterocycles. The standard InChI is InChI=1S/C20H21F2N5O/c21-16-11-17(22)19(23-5-8-27-6-1-2-7-27)10-15(16)20(28)25-14-3-4-18-13(9-14)12-24-26-18/h3-4,9-12,23H,1-2,5-8H2,(H,24,26)(H,25,28). The Kier molecular flexibility index (Phi) is 5.21. The summed E-state index contributed by atoms with van der Waals surface area (Å²) < 4.78 is 28.3. The van der Waals surface area contributed by atoms with Crippen LogP contribution >= 0.6 is 0 Å². The molecule has 1 aliphatic rings. The lowest BCUT2D eigenvalue weighted by atomic mass is 10.1. The number of amides is 1. The minimum Gasteiger partial charge on any atom is -0.381 e. The number of H-pyrrole nitrogens is 1. The molecule has 2 aromatic carbocycles. The summed E-state index contributed by atoms with van der Waals surface area (Å²) in [4.78, 5) is 14.8. The average molecular weight is 385 g/mol. The fourth-order valence-corrected chi connectivity index (χ4v) is 3.43. The van der Waals surface area contributed by atoms with Crippen molar-refractivity contribution in [3.8, 4) is 0 Å². The van der Waals surface area contributed by atoms with Gasteiger partial charge < -0.3 is 15.5 Å². The highest BCUT2D eigenvalue weighted by atomic mass is 19.1. The molecule has 3 N–H and O–H groups in total. The van der Waals surface area contributed by atoms with Gasteiger partial charge in [0, 0.05) is 30.2 Å². The molecule has 6 nitrogen and oxygen atoms in total. The number of nitrogens with one attached hydrogen (secondary N) is 3. The van der Waals surface area contributed by atoms with Gasteiger partial charge in [-0.05, 0) is 50.2 Å². The predicted octanol–water partition coefficient (Wildman–Crippen LogP) is 3.60. The molecule has 1 fully saturated rings. The van der Waals surface area contributed by atoms with Crippen LogP contribution in [0.3, 0.4) is 0 Å². The van der Waals surface area contributed by atoms with Gasteiger partial charge in [-0.15, -0.1) is 0 Å². The molecule has 0 atom stereocenters. The SMILES string of the molecule is O=C(Nc1ccc2[nH]ncc2c1)c1cc(NCCN2CCCC2)c(F)cc1F. The van der Waals surface area contributed by atoms with Crippen molar-refractivity contribution in [3.05, 3.63) is 53.7 Å². The number of carbonyl (C=O) groups excluding carboxylic acids is 1. The van der Waals surface area contributed by atoms with Gasteiger partial charge in [-0.2, -0.15) is 5.10 Å². The van der Waals surface area contributed by atoms with Gasteiger partial charge in [0.2, 0.25) is 0 Å². The lowest BCUT2D eigenvalue weighted by Crippen LogP contribution is -2.26. The molecule has 0 bridgehead atoms. The molecular weight excluding hydrogens is 364 g/mol. The molecule has 3 aromatic rings. The first-order chi connectivity index (χ1) is 13.6. The maximum absolute atomic E-state index is 14.2. The summed E-state index contributed by atoms with van der Waals surface area (Å²) in [6.45, 7) is 3.40. The summed E-state index contributed by atoms with van der Waals surface area (Å²) in [5, 5.41) is 13.2. The summed E-state index contributed by atoms with van der Waals surface area (Å²) in [5.41, 5.74) is 1.25. The van der Waals surface area contributed by atoms with Gasteiger partial charge in [-0.1, -0.05) is 0 Å². The molecule has 1 saturated heterocycles. The van der Waals surface area contributed by atoms with Crippen LogP contribution in [0.2, 0.25) is 0 Å². The van der Waals surface area contributed by atoms with Crippen molar-refractivity contribution in [1.82, 2.24) is 15.1 Å². The molecule has 1 amide bonds. The van der Waals surface area contributed by atoms with Crippen molar-refractivity contribution in [3.63, 3.8) is 0 Å². The Morgan fingerprint density at radius 3 is 2.79 bits per heavy atom. The third kappa shape index (κ3) is 3.96. The van der Waals surface area contributed by atoms with Crippen molar-refractivity contribution in [2.75, 3.05) is 36.8 Å². The molecule has 1 aromatic heterocycles. The largest absolute Gasteiger partial charge is 0.381 e. The van der Waals surface area contributed by atoms with E-state index in [0.29, 0.717) is 12.2 Å². The minimum absolute atomic E-state index is 0.121. The van der Waals surface area contributed by atoms with Crippen LogP contribution in [0.5, 0.6) is 0 Å². The van der Waals surface area contributed by atoms with Crippen LogP contribution in [-0.2, 0) is 0 Å².